The highest BCUT2D eigenvalue weighted by Gasteiger charge is 2.49. The molecule has 71 heavy (non-hydrogen) atoms. The van der Waals surface area contributed by atoms with Gasteiger partial charge < -0.3 is 19.3 Å². The first-order valence-electron chi connectivity index (χ1n) is 26.3. The van der Waals surface area contributed by atoms with Crippen LogP contribution in [-0.4, -0.2) is 102 Å². The Bertz CT molecular complexity index is 2710. The molecule has 14 heteroatoms. The summed E-state index contributed by atoms with van der Waals surface area (Å²) in [5.41, 5.74) is 6.50. The minimum Gasteiger partial charge on any atom is -0.497 e. The molecule has 1 aliphatic carbocycles. The molecule has 1 spiro atoms. The van der Waals surface area contributed by atoms with E-state index in [1.807, 2.05) is 27.7 Å². The Hall–Kier alpha value is -4.92. The molecule has 10 rings (SSSR count). The number of alkyl halides is 3. The quantitative estimate of drug-likeness (QED) is 0.132. The van der Waals surface area contributed by atoms with Crippen LogP contribution in [0.1, 0.15) is 127 Å². The largest absolute Gasteiger partial charge is 0.497 e. The maximum absolute atomic E-state index is 14.4. The summed E-state index contributed by atoms with van der Waals surface area (Å²) >= 11 is 0. The number of aromatic nitrogens is 2. The van der Waals surface area contributed by atoms with Crippen LogP contribution >= 0.6 is 0 Å². The second-order valence-corrected chi connectivity index (χ2v) is 23.4. The first kappa shape index (κ1) is 49.6. The maximum atomic E-state index is 14.4. The van der Waals surface area contributed by atoms with E-state index < -0.39 is 23.5 Å². The third-order valence-electron chi connectivity index (χ3n) is 17.6. The van der Waals surface area contributed by atoms with Crippen molar-refractivity contribution in [2.45, 2.75) is 141 Å². The van der Waals surface area contributed by atoms with E-state index in [1.54, 1.807) is 11.7 Å². The number of ether oxygens (including phenoxy) is 2. The normalized spacial score (nSPS) is 24.8. The predicted molar refractivity (Wildman–Crippen MR) is 272 cm³/mol. The van der Waals surface area contributed by atoms with Gasteiger partial charge in [-0.1, -0.05) is 48.5 Å². The monoisotopic (exact) mass is 979 g/mol. The van der Waals surface area contributed by atoms with Crippen LogP contribution in [-0.2, 0) is 39.3 Å². The van der Waals surface area contributed by atoms with Crippen LogP contribution in [0.3, 0.4) is 0 Å². The van der Waals surface area contributed by atoms with Crippen molar-refractivity contribution in [2.24, 2.45) is 16.7 Å². The Morgan fingerprint density at radius 3 is 2.31 bits per heavy atom. The molecule has 2 amide bonds. The Morgan fingerprint density at radius 2 is 1.63 bits per heavy atom. The molecular formula is C57H73F3N6O5. The van der Waals surface area contributed by atoms with Crippen molar-refractivity contribution in [2.75, 3.05) is 64.4 Å². The number of likely N-dealkylation sites (tertiary alicyclic amines) is 1. The number of anilines is 1. The van der Waals surface area contributed by atoms with E-state index >= 15 is 0 Å². The van der Waals surface area contributed by atoms with Crippen molar-refractivity contribution in [1.29, 1.82) is 0 Å². The molecule has 1 N–H and O–H groups in total. The summed E-state index contributed by atoms with van der Waals surface area (Å²) in [6.07, 6.45) is 8.52. The molecule has 0 radical (unpaired) electrons. The molecule has 5 aliphatic heterocycles. The maximum Gasteiger partial charge on any atom is 0.395 e. The van der Waals surface area contributed by atoms with E-state index in [0.29, 0.717) is 38.6 Å². The van der Waals surface area contributed by atoms with Gasteiger partial charge in [-0.25, -0.2) is 4.79 Å². The number of methoxy groups -OCH3 is 1. The molecule has 6 heterocycles. The van der Waals surface area contributed by atoms with Gasteiger partial charge in [-0.05, 0) is 175 Å². The molecule has 1 unspecified atom stereocenters. The summed E-state index contributed by atoms with van der Waals surface area (Å²) in [6.45, 7) is 13.9. The number of imidazole rings is 1. The first-order chi connectivity index (χ1) is 33.8. The lowest BCUT2D eigenvalue weighted by atomic mass is 9.67. The summed E-state index contributed by atoms with van der Waals surface area (Å²) in [7, 11) is 1.65. The zero-order valence-corrected chi connectivity index (χ0v) is 42.5. The molecule has 3 aromatic carbocycles. The van der Waals surface area contributed by atoms with Gasteiger partial charge in [0.05, 0.1) is 34.8 Å². The number of piperidine rings is 2. The molecule has 3 fully saturated rings. The van der Waals surface area contributed by atoms with Gasteiger partial charge in [0.2, 0.25) is 11.8 Å². The van der Waals surface area contributed by atoms with Crippen molar-refractivity contribution in [3.8, 4) is 5.75 Å². The Morgan fingerprint density at radius 1 is 0.873 bits per heavy atom. The smallest absolute Gasteiger partial charge is 0.395 e. The number of hydrogen-bond donors (Lipinski definition) is 1. The number of halogens is 3. The molecule has 0 bridgehead atoms. The molecular weight excluding hydrogens is 906 g/mol. The van der Waals surface area contributed by atoms with Crippen LogP contribution in [0.25, 0.3) is 16.6 Å². The minimum absolute atomic E-state index is 0.0909. The van der Waals surface area contributed by atoms with Crippen LogP contribution in [0.4, 0.5) is 18.9 Å². The van der Waals surface area contributed by atoms with Crippen LogP contribution in [0, 0.1) is 16.7 Å². The van der Waals surface area contributed by atoms with Gasteiger partial charge in [-0.2, -0.15) is 13.2 Å². The fourth-order valence-corrected chi connectivity index (χ4v) is 13.4. The Kier molecular flexibility index (Phi) is 13.4. The van der Waals surface area contributed by atoms with Crippen LogP contribution in [0.15, 0.2) is 71.5 Å². The summed E-state index contributed by atoms with van der Waals surface area (Å²) in [6, 6.07) is 20.3. The van der Waals surface area contributed by atoms with E-state index in [-0.39, 0.29) is 41.0 Å². The minimum atomic E-state index is -4.33. The predicted octanol–water partition coefficient (Wildman–Crippen LogP) is 9.83. The highest BCUT2D eigenvalue weighted by molar-refractivity contribution is 6.01. The van der Waals surface area contributed by atoms with Gasteiger partial charge in [-0.15, -0.1) is 0 Å². The summed E-state index contributed by atoms with van der Waals surface area (Å²) < 4.78 is 58.4. The number of allylic oxidation sites excluding steroid dienone is 2. The third-order valence-corrected chi connectivity index (χ3v) is 17.6. The van der Waals surface area contributed by atoms with Gasteiger partial charge in [0, 0.05) is 57.7 Å². The molecule has 1 aromatic heterocycles. The number of carbonyl (C=O) groups is 2. The number of carbonyl (C=O) groups excluding carboxylic acids is 2. The number of benzene rings is 3. The number of amides is 2. The molecule has 3 atom stereocenters. The number of nitrogens with one attached hydrogen (secondary N) is 1. The molecule has 382 valence electrons. The average molecular weight is 979 g/mol. The third kappa shape index (κ3) is 9.98. The van der Waals surface area contributed by atoms with Gasteiger partial charge >= 0.3 is 11.9 Å². The van der Waals surface area contributed by atoms with E-state index in [1.165, 1.54) is 36.1 Å². The van der Waals surface area contributed by atoms with E-state index in [9.17, 15) is 27.6 Å². The number of aryl methyl sites for hydroxylation is 1. The second-order valence-electron chi connectivity index (χ2n) is 23.4. The molecule has 0 saturated carbocycles. The summed E-state index contributed by atoms with van der Waals surface area (Å²) in [5, 5.41) is 2.45. The number of hydrogen-bond acceptors (Lipinski definition) is 8. The zero-order valence-electron chi connectivity index (χ0n) is 42.5. The van der Waals surface area contributed by atoms with Crippen molar-refractivity contribution in [3.05, 3.63) is 99.5 Å². The van der Waals surface area contributed by atoms with E-state index in [4.69, 9.17) is 9.47 Å². The van der Waals surface area contributed by atoms with Gasteiger partial charge in [0.25, 0.3) is 0 Å². The first-order valence-corrected chi connectivity index (χ1v) is 26.3. The second kappa shape index (κ2) is 19.2. The average Bonchev–Trinajstić information content (AvgIpc) is 3.52. The highest BCUT2D eigenvalue weighted by atomic mass is 19.4. The number of nitrogens with zero attached hydrogens (tertiary/aromatic N) is 5. The van der Waals surface area contributed by atoms with Crippen LogP contribution in [0.5, 0.6) is 5.75 Å². The fraction of sp³-hybridized carbons (Fsp3) is 0.596. The molecule has 6 aliphatic rings. The van der Waals surface area contributed by atoms with E-state index in [2.05, 4.69) is 77.5 Å². The van der Waals surface area contributed by atoms with Crippen molar-refractivity contribution >= 4 is 34.1 Å². The lowest BCUT2D eigenvalue weighted by Gasteiger charge is -2.46. The van der Waals surface area contributed by atoms with Crippen LogP contribution < -0.4 is 20.6 Å². The highest BCUT2D eigenvalue weighted by Crippen LogP contribution is 2.48. The number of rotatable bonds is 13. The van der Waals surface area contributed by atoms with Crippen molar-refractivity contribution in [3.63, 3.8) is 0 Å². The van der Waals surface area contributed by atoms with Crippen molar-refractivity contribution in [1.82, 2.24) is 24.3 Å². The topological polar surface area (TPSA) is 101 Å². The Balaban J connectivity index is 0.757. The van der Waals surface area contributed by atoms with Crippen LogP contribution in [0.2, 0.25) is 0 Å². The zero-order chi connectivity index (χ0) is 49.9. The van der Waals surface area contributed by atoms with Crippen molar-refractivity contribution < 1.29 is 32.2 Å². The molecule has 3 saturated heterocycles. The van der Waals surface area contributed by atoms with Gasteiger partial charge in [-0.3, -0.25) is 28.9 Å². The van der Waals surface area contributed by atoms with Gasteiger partial charge in [0.15, 0.2) is 0 Å². The van der Waals surface area contributed by atoms with E-state index in [0.717, 1.165) is 125 Å². The lowest BCUT2D eigenvalue weighted by Crippen LogP contribution is -2.48. The standard InChI is InChI=1S/C57H73F3N6O5/c1-53(2,57(58,59)60)37-63(30-26-56(27-33-71-54(3,4)36-56)44-15-17-45(70-5)18-16-44)35-40-8-12-42(13-9-40)41-10-6-39(7-11-41)34-62-28-24-55(25-29-62)23-22-43-14-19-46-50-49(43)64(38-55)31-32-65(50)52(69)66(46)47-20-21-48(67)61-51(47)68/h8-10,12-19,39,47H,6-7,11,20-38H2,1-5H3,(H,61,67,68)/t39-,47?,56+/m0/s1. The lowest BCUT2D eigenvalue weighted by molar-refractivity contribution is -0.217. The SMILES string of the molecule is COc1ccc([C@]2(CCN(Cc3ccc(C4=CC[C@H](CN5CCC6(CCc7ccc8c9c7N(CCn9c(=O)n8C7CCC(=O)NC7=O)C6)CC5)CC4)cc3)CC(C)(C)C(F)(F)F)CCOC(C)(C)C2)cc1. The number of imide groups is 1. The Labute approximate surface area is 416 Å². The summed E-state index contributed by atoms with van der Waals surface area (Å²) in [5.74, 6) is 0.700. The molecule has 11 nitrogen and oxygen atoms in total. The summed E-state index contributed by atoms with van der Waals surface area (Å²) in [4.78, 5) is 46.0. The fourth-order valence-electron chi connectivity index (χ4n) is 13.4. The molecule has 4 aromatic rings. The van der Waals surface area contributed by atoms with Gasteiger partial charge in [0.1, 0.15) is 11.8 Å².